The summed E-state index contributed by atoms with van der Waals surface area (Å²) in [7, 11) is 1.81. The molecule has 0 saturated carbocycles. The summed E-state index contributed by atoms with van der Waals surface area (Å²) in [6.45, 7) is 8.02. The fraction of sp³-hybridized carbons (Fsp3) is 1.00. The molecule has 2 unspecified atom stereocenters. The highest BCUT2D eigenvalue weighted by atomic mass is 16.5. The molecule has 0 radical (unpaired) electrons. The van der Waals surface area contributed by atoms with Gasteiger partial charge < -0.3 is 4.74 Å². The van der Waals surface area contributed by atoms with E-state index in [1.807, 2.05) is 7.11 Å². The van der Waals surface area contributed by atoms with Crippen molar-refractivity contribution in [1.82, 2.24) is 0 Å². The third kappa shape index (κ3) is 22.3. The van der Waals surface area contributed by atoms with E-state index >= 15 is 0 Å². The van der Waals surface area contributed by atoms with E-state index in [4.69, 9.17) is 4.74 Å². The van der Waals surface area contributed by atoms with E-state index in [0.717, 1.165) is 18.4 Å². The fourth-order valence-corrected chi connectivity index (χ4v) is 4.36. The average molecular weight is 397 g/mol. The summed E-state index contributed by atoms with van der Waals surface area (Å²) in [6.07, 6.45) is 28.9. The predicted octanol–water partition coefficient (Wildman–Crippen LogP) is 9.73. The van der Waals surface area contributed by atoms with Gasteiger partial charge >= 0.3 is 0 Å². The van der Waals surface area contributed by atoms with Crippen molar-refractivity contribution in [2.24, 2.45) is 11.8 Å². The van der Waals surface area contributed by atoms with Crippen molar-refractivity contribution in [1.29, 1.82) is 0 Å². The molecule has 0 aromatic carbocycles. The minimum absolute atomic E-state index is 0.738. The summed E-state index contributed by atoms with van der Waals surface area (Å²) in [5.41, 5.74) is 0. The van der Waals surface area contributed by atoms with Crippen LogP contribution in [-0.4, -0.2) is 13.7 Å². The molecule has 0 aliphatic rings. The van der Waals surface area contributed by atoms with E-state index in [1.54, 1.807) is 0 Å². The molecule has 0 aliphatic carbocycles. The van der Waals surface area contributed by atoms with Crippen molar-refractivity contribution < 1.29 is 4.74 Å². The first-order valence-corrected chi connectivity index (χ1v) is 13.2. The largest absolute Gasteiger partial charge is 0.384 e. The Morgan fingerprint density at radius 2 is 0.786 bits per heavy atom. The predicted molar refractivity (Wildman–Crippen MR) is 128 cm³/mol. The molecule has 1 nitrogen and oxygen atoms in total. The number of rotatable bonds is 23. The summed E-state index contributed by atoms with van der Waals surface area (Å²) in [5.74, 6) is 1.69. The Morgan fingerprint density at radius 3 is 1.14 bits per heavy atom. The lowest BCUT2D eigenvalue weighted by atomic mass is 9.95. The summed E-state index contributed by atoms with van der Waals surface area (Å²) in [6, 6.07) is 0. The van der Waals surface area contributed by atoms with Crippen molar-refractivity contribution in [2.45, 2.75) is 149 Å². The maximum atomic E-state index is 5.21. The molecule has 170 valence electrons. The molecule has 1 heteroatoms. The Morgan fingerprint density at radius 1 is 0.464 bits per heavy atom. The Balaban J connectivity index is 3.18. The number of hydrogen-bond acceptors (Lipinski definition) is 1. The topological polar surface area (TPSA) is 9.23 Å². The third-order valence-corrected chi connectivity index (χ3v) is 6.40. The summed E-state index contributed by atoms with van der Waals surface area (Å²) in [4.78, 5) is 0. The van der Waals surface area contributed by atoms with Crippen LogP contribution in [0.2, 0.25) is 0 Å². The zero-order valence-corrected chi connectivity index (χ0v) is 20.4. The van der Waals surface area contributed by atoms with Gasteiger partial charge in [0.2, 0.25) is 0 Å². The maximum Gasteiger partial charge on any atom is 0.0487 e. The molecule has 2 atom stereocenters. The molecule has 0 amide bonds. The van der Waals surface area contributed by atoms with E-state index in [1.165, 1.54) is 128 Å². The fourth-order valence-electron chi connectivity index (χ4n) is 4.36. The zero-order valence-electron chi connectivity index (χ0n) is 20.4. The van der Waals surface area contributed by atoms with Crippen LogP contribution in [0.1, 0.15) is 149 Å². The smallest absolute Gasteiger partial charge is 0.0487 e. The van der Waals surface area contributed by atoms with Crippen molar-refractivity contribution in [2.75, 3.05) is 13.7 Å². The molecule has 28 heavy (non-hydrogen) atoms. The summed E-state index contributed by atoms with van der Waals surface area (Å²) < 4.78 is 5.21. The average Bonchev–Trinajstić information content (AvgIpc) is 2.68. The third-order valence-electron chi connectivity index (χ3n) is 6.40. The van der Waals surface area contributed by atoms with Crippen LogP contribution in [0.3, 0.4) is 0 Å². The van der Waals surface area contributed by atoms with Crippen molar-refractivity contribution >= 4 is 0 Å². The van der Waals surface area contributed by atoms with Gasteiger partial charge in [-0.05, 0) is 18.3 Å². The molecule has 0 rings (SSSR count). The molecule has 0 aliphatic heterocycles. The van der Waals surface area contributed by atoms with Crippen LogP contribution in [-0.2, 0) is 4.74 Å². The molecule has 0 aromatic heterocycles. The zero-order chi connectivity index (χ0) is 20.7. The maximum absolute atomic E-state index is 5.21. The minimum Gasteiger partial charge on any atom is -0.384 e. The van der Waals surface area contributed by atoms with E-state index in [2.05, 4.69) is 20.8 Å². The van der Waals surface area contributed by atoms with Crippen LogP contribution in [0.25, 0.3) is 0 Å². The molecule has 0 bridgehead atoms. The first kappa shape index (κ1) is 28.0. The Labute approximate surface area is 179 Å². The molecular weight excluding hydrogens is 340 g/mol. The second-order valence-electron chi connectivity index (χ2n) is 9.69. The van der Waals surface area contributed by atoms with Gasteiger partial charge in [0.15, 0.2) is 0 Å². The second-order valence-corrected chi connectivity index (χ2v) is 9.69. The van der Waals surface area contributed by atoms with Crippen molar-refractivity contribution in [3.63, 3.8) is 0 Å². The normalized spacial score (nSPS) is 13.7. The van der Waals surface area contributed by atoms with Gasteiger partial charge in [-0.3, -0.25) is 0 Å². The molecule has 0 heterocycles. The van der Waals surface area contributed by atoms with E-state index in [9.17, 15) is 0 Å². The van der Waals surface area contributed by atoms with Gasteiger partial charge in [-0.2, -0.15) is 0 Å². The first-order valence-electron chi connectivity index (χ1n) is 13.2. The molecule has 0 aromatic rings. The van der Waals surface area contributed by atoms with Crippen LogP contribution >= 0.6 is 0 Å². The summed E-state index contributed by atoms with van der Waals surface area (Å²) in [5, 5.41) is 0. The molecule has 0 N–H and O–H groups in total. The van der Waals surface area contributed by atoms with Crippen molar-refractivity contribution in [3.05, 3.63) is 0 Å². The van der Waals surface area contributed by atoms with Gasteiger partial charge in [0.05, 0.1) is 0 Å². The highest BCUT2D eigenvalue weighted by molar-refractivity contribution is 4.57. The number of hydrogen-bond donors (Lipinski definition) is 0. The second kappa shape index (κ2) is 23.2. The Hall–Kier alpha value is -0.0400. The molecule has 0 spiro atoms. The van der Waals surface area contributed by atoms with Gasteiger partial charge in [0.25, 0.3) is 0 Å². The van der Waals surface area contributed by atoms with Gasteiger partial charge in [-0.1, -0.05) is 143 Å². The first-order chi connectivity index (χ1) is 13.7. The lowest BCUT2D eigenvalue weighted by Crippen LogP contribution is -2.02. The summed E-state index contributed by atoms with van der Waals surface area (Å²) >= 11 is 0. The number of ether oxygens (including phenoxy) is 1. The lowest BCUT2D eigenvalue weighted by molar-refractivity contribution is 0.154. The minimum atomic E-state index is 0.738. The standard InChI is InChI=1S/C27H56O/c1-5-6-7-8-9-10-11-13-16-19-22-26(2)23-20-17-14-12-15-18-21-24-27(3)25-28-4/h26-27H,5-25H2,1-4H3. The Bertz CT molecular complexity index is 275. The van der Waals surface area contributed by atoms with Crippen LogP contribution in [0.5, 0.6) is 0 Å². The van der Waals surface area contributed by atoms with Crippen LogP contribution in [0, 0.1) is 11.8 Å². The molecule has 0 saturated heterocycles. The quantitative estimate of drug-likeness (QED) is 0.156. The lowest BCUT2D eigenvalue weighted by Gasteiger charge is -2.11. The number of methoxy groups -OCH3 is 1. The SMILES string of the molecule is CCCCCCCCCCCCC(C)CCCCCCCCCC(C)COC. The van der Waals surface area contributed by atoms with Crippen molar-refractivity contribution in [3.8, 4) is 0 Å². The van der Waals surface area contributed by atoms with Gasteiger partial charge in [0.1, 0.15) is 0 Å². The number of unbranched alkanes of at least 4 members (excludes halogenated alkanes) is 15. The van der Waals surface area contributed by atoms with E-state index < -0.39 is 0 Å². The monoisotopic (exact) mass is 396 g/mol. The van der Waals surface area contributed by atoms with E-state index in [0.29, 0.717) is 0 Å². The van der Waals surface area contributed by atoms with Crippen LogP contribution in [0.15, 0.2) is 0 Å². The van der Waals surface area contributed by atoms with Crippen LogP contribution in [0.4, 0.5) is 0 Å². The van der Waals surface area contributed by atoms with Gasteiger partial charge in [-0.25, -0.2) is 0 Å². The van der Waals surface area contributed by atoms with Gasteiger partial charge in [0, 0.05) is 13.7 Å². The highest BCUT2D eigenvalue weighted by Crippen LogP contribution is 2.19. The molecule has 0 fully saturated rings. The van der Waals surface area contributed by atoms with Crippen LogP contribution < -0.4 is 0 Å². The molecular formula is C27H56O. The van der Waals surface area contributed by atoms with E-state index in [-0.39, 0.29) is 0 Å². The highest BCUT2D eigenvalue weighted by Gasteiger charge is 2.03. The van der Waals surface area contributed by atoms with Gasteiger partial charge in [-0.15, -0.1) is 0 Å². The Kier molecular flexibility index (Phi) is 23.2.